The number of carbonyl (C=O) groups excluding carboxylic acids is 1. The Morgan fingerprint density at radius 2 is 2.05 bits per heavy atom. The van der Waals surface area contributed by atoms with Gasteiger partial charge >= 0.3 is 6.03 Å². The van der Waals surface area contributed by atoms with E-state index in [-0.39, 0.29) is 18.2 Å². The molecule has 0 aliphatic carbocycles. The molecule has 0 saturated heterocycles. The molecule has 1 aromatic carbocycles. The van der Waals surface area contributed by atoms with Gasteiger partial charge in [-0.2, -0.15) is 0 Å². The molecule has 1 atom stereocenters. The molecular formula is C17H22N2O3. The zero-order valence-corrected chi connectivity index (χ0v) is 13.1. The van der Waals surface area contributed by atoms with Gasteiger partial charge in [-0.1, -0.05) is 12.1 Å². The Morgan fingerprint density at radius 1 is 1.23 bits per heavy atom. The van der Waals surface area contributed by atoms with E-state index in [0.717, 1.165) is 17.1 Å². The molecule has 0 aliphatic heterocycles. The zero-order chi connectivity index (χ0) is 15.9. The summed E-state index contributed by atoms with van der Waals surface area (Å²) in [6.45, 7) is 6.26. The van der Waals surface area contributed by atoms with E-state index in [4.69, 9.17) is 9.15 Å². The maximum atomic E-state index is 11.9. The fraction of sp³-hybridized carbons (Fsp3) is 0.353. The van der Waals surface area contributed by atoms with Gasteiger partial charge < -0.3 is 19.8 Å². The molecule has 1 heterocycles. The van der Waals surface area contributed by atoms with Crippen molar-refractivity contribution in [2.75, 3.05) is 0 Å². The Kier molecular flexibility index (Phi) is 5.47. The molecule has 0 fully saturated rings. The van der Waals surface area contributed by atoms with E-state index in [9.17, 15) is 4.79 Å². The fourth-order valence-electron chi connectivity index (χ4n) is 2.04. The van der Waals surface area contributed by atoms with Crippen LogP contribution in [0.2, 0.25) is 0 Å². The first-order valence-electron chi connectivity index (χ1n) is 7.38. The number of amides is 2. The molecule has 1 aromatic heterocycles. The number of ether oxygens (including phenoxy) is 1. The van der Waals surface area contributed by atoms with Crippen molar-refractivity contribution in [2.24, 2.45) is 0 Å². The van der Waals surface area contributed by atoms with E-state index in [2.05, 4.69) is 10.6 Å². The molecule has 2 aromatic rings. The van der Waals surface area contributed by atoms with Crippen molar-refractivity contribution in [1.29, 1.82) is 0 Å². The zero-order valence-electron chi connectivity index (χ0n) is 13.1. The highest BCUT2D eigenvalue weighted by molar-refractivity contribution is 5.74. The van der Waals surface area contributed by atoms with Crippen molar-refractivity contribution in [2.45, 2.75) is 39.5 Å². The van der Waals surface area contributed by atoms with E-state index in [0.29, 0.717) is 6.54 Å². The van der Waals surface area contributed by atoms with Crippen molar-refractivity contribution in [3.8, 4) is 5.75 Å². The molecule has 5 heteroatoms. The summed E-state index contributed by atoms with van der Waals surface area (Å²) < 4.78 is 10.8. The summed E-state index contributed by atoms with van der Waals surface area (Å²) in [5.74, 6) is 1.52. The van der Waals surface area contributed by atoms with E-state index in [1.54, 1.807) is 12.3 Å². The van der Waals surface area contributed by atoms with E-state index < -0.39 is 0 Å². The largest absolute Gasteiger partial charge is 0.491 e. The lowest BCUT2D eigenvalue weighted by atomic mass is 10.1. The number of urea groups is 1. The van der Waals surface area contributed by atoms with Gasteiger partial charge in [-0.05, 0) is 50.6 Å². The molecule has 1 unspecified atom stereocenters. The van der Waals surface area contributed by atoms with Gasteiger partial charge in [-0.3, -0.25) is 0 Å². The van der Waals surface area contributed by atoms with Crippen molar-refractivity contribution in [1.82, 2.24) is 10.6 Å². The molecule has 2 N–H and O–H groups in total. The minimum absolute atomic E-state index is 0.118. The molecule has 22 heavy (non-hydrogen) atoms. The maximum Gasteiger partial charge on any atom is 0.315 e. The number of furan rings is 1. The number of benzene rings is 1. The lowest BCUT2D eigenvalue weighted by Gasteiger charge is -2.17. The van der Waals surface area contributed by atoms with Crippen molar-refractivity contribution < 1.29 is 13.9 Å². The average molecular weight is 302 g/mol. The Labute approximate surface area is 130 Å². The first-order valence-corrected chi connectivity index (χ1v) is 7.38. The fourth-order valence-corrected chi connectivity index (χ4v) is 2.04. The summed E-state index contributed by atoms with van der Waals surface area (Å²) in [4.78, 5) is 11.9. The van der Waals surface area contributed by atoms with Crippen LogP contribution in [0.25, 0.3) is 0 Å². The molecule has 0 radical (unpaired) electrons. The van der Waals surface area contributed by atoms with Gasteiger partial charge in [-0.25, -0.2) is 4.79 Å². The predicted molar refractivity (Wildman–Crippen MR) is 84.7 cm³/mol. The molecule has 118 valence electrons. The van der Waals surface area contributed by atoms with Crippen LogP contribution in [0.4, 0.5) is 4.79 Å². The number of rotatable bonds is 6. The van der Waals surface area contributed by atoms with Crippen LogP contribution in [0.1, 0.15) is 38.1 Å². The van der Waals surface area contributed by atoms with Crippen molar-refractivity contribution in [3.05, 3.63) is 54.0 Å². The van der Waals surface area contributed by atoms with Gasteiger partial charge in [0, 0.05) is 0 Å². The van der Waals surface area contributed by atoms with Crippen LogP contribution in [-0.2, 0) is 6.54 Å². The second-order valence-electron chi connectivity index (χ2n) is 5.37. The molecule has 0 saturated carbocycles. The summed E-state index contributed by atoms with van der Waals surface area (Å²) in [6.07, 6.45) is 1.70. The topological polar surface area (TPSA) is 63.5 Å². The van der Waals surface area contributed by atoms with Crippen molar-refractivity contribution in [3.63, 3.8) is 0 Å². The lowest BCUT2D eigenvalue weighted by Crippen LogP contribution is -2.36. The maximum absolute atomic E-state index is 11.9. The van der Waals surface area contributed by atoms with Crippen LogP contribution in [0.5, 0.6) is 5.75 Å². The second-order valence-corrected chi connectivity index (χ2v) is 5.37. The van der Waals surface area contributed by atoms with Crippen LogP contribution in [0.3, 0.4) is 0 Å². The Bertz CT molecular complexity index is 594. The third-order valence-corrected chi connectivity index (χ3v) is 3.08. The van der Waals surface area contributed by atoms with E-state index >= 15 is 0 Å². The minimum atomic E-state index is -0.237. The highest BCUT2D eigenvalue weighted by atomic mass is 16.5. The average Bonchev–Trinajstić information content (AvgIpc) is 2.98. The smallest absolute Gasteiger partial charge is 0.315 e. The van der Waals surface area contributed by atoms with Crippen LogP contribution in [0.15, 0.2) is 47.1 Å². The first-order chi connectivity index (χ1) is 10.5. The Balaban J connectivity index is 1.88. The summed E-state index contributed by atoms with van der Waals surface area (Å²) >= 11 is 0. The molecule has 5 nitrogen and oxygen atoms in total. The van der Waals surface area contributed by atoms with Crippen LogP contribution < -0.4 is 15.4 Å². The first kappa shape index (κ1) is 15.9. The quantitative estimate of drug-likeness (QED) is 0.856. The molecular weight excluding hydrogens is 280 g/mol. The third kappa shape index (κ3) is 4.84. The number of hydrogen-bond acceptors (Lipinski definition) is 3. The van der Waals surface area contributed by atoms with Gasteiger partial charge in [0.15, 0.2) is 0 Å². The SMILES string of the molecule is CC(C)Oc1cccc(C(C)NC(=O)NCc2ccco2)c1. The molecule has 0 aliphatic rings. The van der Waals surface area contributed by atoms with E-state index in [1.165, 1.54) is 0 Å². The minimum Gasteiger partial charge on any atom is -0.491 e. The molecule has 2 amide bonds. The molecule has 2 rings (SSSR count). The van der Waals surface area contributed by atoms with Gasteiger partial charge in [0.25, 0.3) is 0 Å². The monoisotopic (exact) mass is 302 g/mol. The van der Waals surface area contributed by atoms with Crippen LogP contribution in [0, 0.1) is 0 Å². The van der Waals surface area contributed by atoms with E-state index in [1.807, 2.05) is 51.1 Å². The van der Waals surface area contributed by atoms with Crippen LogP contribution in [-0.4, -0.2) is 12.1 Å². The Morgan fingerprint density at radius 3 is 2.73 bits per heavy atom. The number of nitrogens with one attached hydrogen (secondary N) is 2. The summed E-state index contributed by atoms with van der Waals surface area (Å²) in [5, 5.41) is 5.65. The second kappa shape index (κ2) is 7.54. The molecule has 0 spiro atoms. The normalized spacial score (nSPS) is 12.0. The standard InChI is InChI=1S/C17H22N2O3/c1-12(2)22-15-7-4-6-14(10-15)13(3)19-17(20)18-11-16-8-5-9-21-16/h4-10,12-13H,11H2,1-3H3,(H2,18,19,20). The van der Waals surface area contributed by atoms with Gasteiger partial charge in [0.2, 0.25) is 0 Å². The van der Waals surface area contributed by atoms with Gasteiger partial charge in [0.1, 0.15) is 11.5 Å². The van der Waals surface area contributed by atoms with Crippen LogP contribution >= 0.6 is 0 Å². The number of carbonyl (C=O) groups is 1. The molecule has 0 bridgehead atoms. The number of hydrogen-bond donors (Lipinski definition) is 2. The summed E-state index contributed by atoms with van der Waals surface area (Å²) in [7, 11) is 0. The lowest BCUT2D eigenvalue weighted by molar-refractivity contribution is 0.235. The third-order valence-electron chi connectivity index (χ3n) is 3.08. The highest BCUT2D eigenvalue weighted by Gasteiger charge is 2.10. The van der Waals surface area contributed by atoms with Gasteiger partial charge in [0.05, 0.1) is 25.0 Å². The Hall–Kier alpha value is -2.43. The predicted octanol–water partition coefficient (Wildman–Crippen LogP) is 3.63. The van der Waals surface area contributed by atoms with Gasteiger partial charge in [-0.15, -0.1) is 0 Å². The van der Waals surface area contributed by atoms with Crippen molar-refractivity contribution >= 4 is 6.03 Å². The highest BCUT2D eigenvalue weighted by Crippen LogP contribution is 2.20. The summed E-state index contributed by atoms with van der Waals surface area (Å²) in [6, 6.07) is 11.0. The summed E-state index contributed by atoms with van der Waals surface area (Å²) in [5.41, 5.74) is 0.992.